The van der Waals surface area contributed by atoms with Gasteiger partial charge in [-0.15, -0.1) is 0 Å². The Hall–Kier alpha value is -3.88. The molecule has 2 N–H and O–H groups in total. The van der Waals surface area contributed by atoms with Crippen LogP contribution in [0.25, 0.3) is 0 Å². The van der Waals surface area contributed by atoms with Crippen molar-refractivity contribution in [2.45, 2.75) is 86.4 Å². The summed E-state index contributed by atoms with van der Waals surface area (Å²) in [4.78, 5) is 0. The van der Waals surface area contributed by atoms with Crippen LogP contribution >= 0.6 is 0 Å². The molecular formula is C39H50O4. The van der Waals surface area contributed by atoms with Crippen LogP contribution in [0.1, 0.15) is 84.2 Å². The molecule has 0 amide bonds. The molecule has 0 heterocycles. The van der Waals surface area contributed by atoms with Crippen LogP contribution in [0.15, 0.2) is 109 Å². The predicted molar refractivity (Wildman–Crippen MR) is 180 cm³/mol. The first-order chi connectivity index (χ1) is 19.5. The van der Waals surface area contributed by atoms with Gasteiger partial charge in [0.25, 0.3) is 0 Å². The van der Waals surface area contributed by atoms with Crippen LogP contribution in [0.3, 0.4) is 0 Å². The summed E-state index contributed by atoms with van der Waals surface area (Å²) in [6.45, 7) is 11.8. The van der Waals surface area contributed by atoms with Crippen molar-refractivity contribution in [3.8, 4) is 17.6 Å². The molecule has 230 valence electrons. The number of para-hydroxylation sites is 1. The van der Waals surface area contributed by atoms with Crippen LogP contribution in [0.2, 0.25) is 0 Å². The molecule has 4 rings (SSSR count). The normalized spacial score (nSPS) is 11.0. The quantitative estimate of drug-likeness (QED) is 0.223. The van der Waals surface area contributed by atoms with Crippen LogP contribution in [0, 0.1) is 11.8 Å². The number of ether oxygens (including phenoxy) is 2. The Balaban J connectivity index is 0.000000469. The second-order valence-corrected chi connectivity index (χ2v) is 11.7. The zero-order valence-corrected chi connectivity index (χ0v) is 25.0. The molecule has 0 aliphatic rings. The molecule has 0 unspecified atom stereocenters. The smallest absolute Gasteiger partial charge is 0.180 e. The minimum absolute atomic E-state index is 0. The monoisotopic (exact) mass is 582 g/mol. The van der Waals surface area contributed by atoms with Gasteiger partial charge in [0.2, 0.25) is 0 Å². The highest BCUT2D eigenvalue weighted by molar-refractivity contribution is 5.48. The van der Waals surface area contributed by atoms with Gasteiger partial charge in [-0.05, 0) is 53.7 Å². The third kappa shape index (κ3) is 11.0. The van der Waals surface area contributed by atoms with Gasteiger partial charge in [-0.2, -0.15) is 0 Å². The van der Waals surface area contributed by atoms with Crippen LogP contribution in [-0.2, 0) is 23.6 Å². The number of hydrogen-bond acceptors (Lipinski definition) is 4. The average molecular weight is 583 g/mol. The van der Waals surface area contributed by atoms with Gasteiger partial charge in [0.15, 0.2) is 5.60 Å². The maximum Gasteiger partial charge on any atom is 0.180 e. The Morgan fingerprint density at radius 2 is 0.977 bits per heavy atom. The van der Waals surface area contributed by atoms with Crippen molar-refractivity contribution in [1.29, 1.82) is 0 Å². The van der Waals surface area contributed by atoms with E-state index in [9.17, 15) is 10.2 Å². The Bertz CT molecular complexity index is 1340. The first-order valence-corrected chi connectivity index (χ1v) is 13.9. The van der Waals surface area contributed by atoms with Crippen molar-refractivity contribution in [2.24, 2.45) is 0 Å². The van der Waals surface area contributed by atoms with Crippen molar-refractivity contribution in [3.05, 3.63) is 137 Å². The van der Waals surface area contributed by atoms with Crippen molar-refractivity contribution in [1.82, 2.24) is 0 Å². The third-order valence-corrected chi connectivity index (χ3v) is 5.90. The molecule has 0 fully saturated rings. The summed E-state index contributed by atoms with van der Waals surface area (Å²) in [5.41, 5.74) is 2.91. The highest BCUT2D eigenvalue weighted by atomic mass is 16.5. The molecule has 0 saturated carbocycles. The summed E-state index contributed by atoms with van der Waals surface area (Å²) in [5.74, 6) is 7.39. The van der Waals surface area contributed by atoms with Gasteiger partial charge < -0.3 is 19.7 Å². The summed E-state index contributed by atoms with van der Waals surface area (Å²) >= 11 is 0. The van der Waals surface area contributed by atoms with E-state index in [0.717, 1.165) is 16.7 Å². The van der Waals surface area contributed by atoms with E-state index >= 15 is 0 Å². The Labute approximate surface area is 260 Å². The van der Waals surface area contributed by atoms with E-state index in [4.69, 9.17) is 9.47 Å². The van der Waals surface area contributed by atoms with Gasteiger partial charge in [0.05, 0.1) is 18.8 Å². The standard InChI is InChI=1S/C25H24O.C12H18O3.2CH4/c1-24(2,3)26-25(22-15-9-5-10-16-22,23-17-11-6-12-18-23)20-19-21-13-7-4-8-14-21;1-12(2,3)15-11-9(7-13)5-4-6-10(11)8-14;;/h4-18H,1-3H3;4-6,13-14H,7-8H2,1-3H3;2*1H4. The number of benzene rings is 4. The molecule has 4 aromatic rings. The molecule has 0 aliphatic heterocycles. The molecule has 0 radical (unpaired) electrons. The lowest BCUT2D eigenvalue weighted by molar-refractivity contribution is -0.0822. The molecule has 43 heavy (non-hydrogen) atoms. The highest BCUT2D eigenvalue weighted by Crippen LogP contribution is 2.37. The topological polar surface area (TPSA) is 58.9 Å². The van der Waals surface area contributed by atoms with E-state index in [1.165, 1.54) is 0 Å². The van der Waals surface area contributed by atoms with Gasteiger partial charge in [-0.25, -0.2) is 0 Å². The molecule has 4 nitrogen and oxygen atoms in total. The lowest BCUT2D eigenvalue weighted by atomic mass is 9.85. The van der Waals surface area contributed by atoms with Gasteiger partial charge in [-0.1, -0.05) is 124 Å². The predicted octanol–water partition coefficient (Wildman–Crippen LogP) is 8.92. The maximum absolute atomic E-state index is 9.17. The lowest BCUT2D eigenvalue weighted by Crippen LogP contribution is -2.37. The first kappa shape index (κ1) is 37.1. The molecular weight excluding hydrogens is 532 g/mol. The fraction of sp³-hybridized carbons (Fsp3) is 0.333. The van der Waals surface area contributed by atoms with Gasteiger partial charge in [0.1, 0.15) is 11.4 Å². The molecule has 0 atom stereocenters. The SMILES string of the molecule is C.C.CC(C)(C)OC(C#Cc1ccccc1)(c1ccccc1)c1ccccc1.CC(C)(C)Oc1c(CO)cccc1CO. The summed E-state index contributed by atoms with van der Waals surface area (Å²) in [5, 5.41) is 18.3. The van der Waals surface area contributed by atoms with Crippen LogP contribution in [-0.4, -0.2) is 21.4 Å². The number of aliphatic hydroxyl groups is 2. The molecule has 0 spiro atoms. The summed E-state index contributed by atoms with van der Waals surface area (Å²) < 4.78 is 12.4. The minimum atomic E-state index is -0.837. The maximum atomic E-state index is 9.17. The lowest BCUT2D eigenvalue weighted by Gasteiger charge is -2.36. The van der Waals surface area contributed by atoms with Crippen molar-refractivity contribution in [2.75, 3.05) is 0 Å². The second-order valence-electron chi connectivity index (χ2n) is 11.7. The summed E-state index contributed by atoms with van der Waals surface area (Å²) in [6, 6.07) is 35.9. The van der Waals surface area contributed by atoms with E-state index in [-0.39, 0.29) is 39.3 Å². The average Bonchev–Trinajstić information content (AvgIpc) is 2.96. The van der Waals surface area contributed by atoms with Crippen molar-refractivity contribution < 1.29 is 19.7 Å². The zero-order valence-electron chi connectivity index (χ0n) is 25.0. The Morgan fingerprint density at radius 1 is 0.558 bits per heavy atom. The largest absolute Gasteiger partial charge is 0.487 e. The van der Waals surface area contributed by atoms with E-state index in [1.54, 1.807) is 18.2 Å². The van der Waals surface area contributed by atoms with Crippen molar-refractivity contribution in [3.63, 3.8) is 0 Å². The number of rotatable bonds is 6. The van der Waals surface area contributed by atoms with Crippen LogP contribution in [0.5, 0.6) is 5.75 Å². The molecule has 4 aromatic carbocycles. The van der Waals surface area contributed by atoms with Crippen LogP contribution in [0.4, 0.5) is 0 Å². The zero-order chi connectivity index (χ0) is 29.9. The van der Waals surface area contributed by atoms with Gasteiger partial charge in [-0.3, -0.25) is 0 Å². The molecule has 4 heteroatoms. The molecule has 0 aromatic heterocycles. The molecule has 0 aliphatic carbocycles. The molecule has 0 saturated heterocycles. The summed E-state index contributed by atoms with van der Waals surface area (Å²) in [6.07, 6.45) is 0. The van der Waals surface area contributed by atoms with Crippen LogP contribution < -0.4 is 4.74 Å². The van der Waals surface area contributed by atoms with E-state index < -0.39 is 5.60 Å². The fourth-order valence-electron chi connectivity index (χ4n) is 4.27. The van der Waals surface area contributed by atoms with Gasteiger partial charge >= 0.3 is 0 Å². The van der Waals surface area contributed by atoms with E-state index in [0.29, 0.717) is 16.9 Å². The van der Waals surface area contributed by atoms with Gasteiger partial charge in [0, 0.05) is 27.8 Å². The highest BCUT2D eigenvalue weighted by Gasteiger charge is 2.37. The minimum Gasteiger partial charge on any atom is -0.487 e. The summed E-state index contributed by atoms with van der Waals surface area (Å²) in [7, 11) is 0. The first-order valence-electron chi connectivity index (χ1n) is 13.9. The van der Waals surface area contributed by atoms with E-state index in [1.807, 2.05) is 87.5 Å². The number of aliphatic hydroxyl groups excluding tert-OH is 2. The van der Waals surface area contributed by atoms with Crippen molar-refractivity contribution >= 4 is 0 Å². The number of hydrogen-bond donors (Lipinski definition) is 2. The third-order valence-electron chi connectivity index (χ3n) is 5.90. The fourth-order valence-corrected chi connectivity index (χ4v) is 4.27. The van der Waals surface area contributed by atoms with E-state index in [2.05, 4.69) is 56.9 Å². The molecule has 0 bridgehead atoms. The Kier molecular flexibility index (Phi) is 14.4. The Morgan fingerprint density at radius 3 is 1.35 bits per heavy atom. The second kappa shape index (κ2) is 16.7.